The summed E-state index contributed by atoms with van der Waals surface area (Å²) in [4.78, 5) is 5.89. The van der Waals surface area contributed by atoms with Gasteiger partial charge in [-0.05, 0) is 19.4 Å². The van der Waals surface area contributed by atoms with Gasteiger partial charge in [0.05, 0.1) is 12.7 Å². The summed E-state index contributed by atoms with van der Waals surface area (Å²) in [6.45, 7) is 0.129. The summed E-state index contributed by atoms with van der Waals surface area (Å²) in [5.41, 5.74) is -0.701. The molecule has 3 rings (SSSR count). The molecule has 10 heteroatoms. The van der Waals surface area contributed by atoms with Crippen molar-refractivity contribution >= 4 is 0 Å². The summed E-state index contributed by atoms with van der Waals surface area (Å²) in [5.74, 6) is 0.326. The zero-order valence-electron chi connectivity index (χ0n) is 12.3. The molecule has 0 bridgehead atoms. The van der Waals surface area contributed by atoms with Crippen LogP contribution in [0.2, 0.25) is 0 Å². The number of likely N-dealkylation sites (tertiary alicyclic amines) is 1. The Labute approximate surface area is 130 Å². The van der Waals surface area contributed by atoms with Crippen molar-refractivity contribution in [1.82, 2.24) is 29.9 Å². The van der Waals surface area contributed by atoms with Crippen LogP contribution < -0.4 is 0 Å². The Hall–Kier alpha value is -1.94. The number of imidazole rings is 1. The van der Waals surface area contributed by atoms with E-state index in [-0.39, 0.29) is 13.1 Å². The molecular weight excluding hydrogens is 313 g/mol. The quantitative estimate of drug-likeness (QED) is 0.875. The first kappa shape index (κ1) is 15.9. The van der Waals surface area contributed by atoms with Crippen molar-refractivity contribution in [2.45, 2.75) is 37.7 Å². The molecule has 1 atom stereocenters. The van der Waals surface area contributed by atoms with Crippen LogP contribution in [0.15, 0.2) is 18.6 Å². The fraction of sp³-hybridized carbons (Fsp3) is 0.615. The number of hydrogen-bond acceptors (Lipinski definition) is 5. The summed E-state index contributed by atoms with van der Waals surface area (Å²) in [5, 5.41) is 20.8. The highest BCUT2D eigenvalue weighted by Gasteiger charge is 2.37. The molecule has 1 aliphatic heterocycles. The van der Waals surface area contributed by atoms with Gasteiger partial charge in [-0.3, -0.25) is 4.90 Å². The van der Waals surface area contributed by atoms with Crippen molar-refractivity contribution in [1.29, 1.82) is 0 Å². The minimum Gasteiger partial charge on any atom is -0.382 e. The Morgan fingerprint density at radius 3 is 2.91 bits per heavy atom. The predicted molar refractivity (Wildman–Crippen MR) is 73.1 cm³/mol. The van der Waals surface area contributed by atoms with Gasteiger partial charge >= 0.3 is 6.18 Å². The van der Waals surface area contributed by atoms with Crippen LogP contribution in [0.4, 0.5) is 13.2 Å². The Bertz CT molecular complexity index is 640. The van der Waals surface area contributed by atoms with Crippen LogP contribution in [0, 0.1) is 0 Å². The van der Waals surface area contributed by atoms with E-state index in [1.807, 2.05) is 4.90 Å². The molecule has 3 heterocycles. The Morgan fingerprint density at radius 1 is 1.39 bits per heavy atom. The molecule has 0 spiro atoms. The van der Waals surface area contributed by atoms with Gasteiger partial charge in [0.15, 0.2) is 0 Å². The average Bonchev–Trinajstić information content (AvgIpc) is 3.10. The van der Waals surface area contributed by atoms with Gasteiger partial charge in [0.1, 0.15) is 23.7 Å². The monoisotopic (exact) mass is 330 g/mol. The van der Waals surface area contributed by atoms with E-state index in [1.165, 1.54) is 18.6 Å². The first-order chi connectivity index (χ1) is 10.9. The standard InChI is InChI=1S/C13H17F3N6O/c14-13(15,16)9-22-5-3-17-11(22)7-21-4-1-2-12(23,8-21)10-6-18-20-19-10/h3,5-6,23H,1-2,4,7-9H2,(H,18,19,20)/t12-/m1/s1. The van der Waals surface area contributed by atoms with Crippen LogP contribution in [0.5, 0.6) is 0 Å². The highest BCUT2D eigenvalue weighted by molar-refractivity contribution is 5.09. The number of hydrogen-bond donors (Lipinski definition) is 2. The minimum atomic E-state index is -4.29. The van der Waals surface area contributed by atoms with Crippen molar-refractivity contribution in [3.8, 4) is 0 Å². The maximum Gasteiger partial charge on any atom is 0.406 e. The molecule has 23 heavy (non-hydrogen) atoms. The molecule has 2 aromatic rings. The second kappa shape index (κ2) is 5.93. The van der Waals surface area contributed by atoms with Crippen molar-refractivity contribution in [2.24, 2.45) is 0 Å². The Morgan fingerprint density at radius 2 is 2.22 bits per heavy atom. The van der Waals surface area contributed by atoms with E-state index in [0.717, 1.165) is 4.57 Å². The molecule has 0 unspecified atom stereocenters. The fourth-order valence-electron chi connectivity index (χ4n) is 2.92. The number of aromatic amines is 1. The number of nitrogens with one attached hydrogen (secondary N) is 1. The summed E-state index contributed by atoms with van der Waals surface area (Å²) in [6, 6.07) is 0. The van der Waals surface area contributed by atoms with Crippen molar-refractivity contribution < 1.29 is 18.3 Å². The van der Waals surface area contributed by atoms with Gasteiger partial charge in [-0.15, -0.1) is 0 Å². The highest BCUT2D eigenvalue weighted by Crippen LogP contribution is 2.30. The Balaban J connectivity index is 1.70. The maximum atomic E-state index is 12.6. The maximum absolute atomic E-state index is 12.6. The highest BCUT2D eigenvalue weighted by atomic mass is 19.4. The van der Waals surface area contributed by atoms with Gasteiger partial charge in [0.25, 0.3) is 0 Å². The second-order valence-electron chi connectivity index (χ2n) is 5.79. The number of nitrogens with zero attached hydrogens (tertiary/aromatic N) is 5. The molecule has 0 saturated carbocycles. The van der Waals surface area contributed by atoms with Crippen LogP contribution in [-0.4, -0.2) is 54.2 Å². The normalized spacial score (nSPS) is 23.3. The average molecular weight is 330 g/mol. The fourth-order valence-corrected chi connectivity index (χ4v) is 2.92. The third-order valence-corrected chi connectivity index (χ3v) is 3.96. The van der Waals surface area contributed by atoms with Crippen molar-refractivity contribution in [3.63, 3.8) is 0 Å². The van der Waals surface area contributed by atoms with Crippen molar-refractivity contribution in [3.05, 3.63) is 30.1 Å². The second-order valence-corrected chi connectivity index (χ2v) is 5.79. The SMILES string of the molecule is O[C@]1(c2cn[nH]n2)CCCN(Cc2nccn2CC(F)(F)F)C1. The number of halogens is 3. The van der Waals surface area contributed by atoms with Crippen LogP contribution in [0.25, 0.3) is 0 Å². The van der Waals surface area contributed by atoms with Crippen molar-refractivity contribution in [2.75, 3.05) is 13.1 Å². The third kappa shape index (κ3) is 3.70. The number of H-pyrrole nitrogens is 1. The van der Waals surface area contributed by atoms with Gasteiger partial charge in [-0.2, -0.15) is 28.6 Å². The molecule has 0 radical (unpaired) electrons. The molecular formula is C13H17F3N6O. The van der Waals surface area contributed by atoms with Crippen LogP contribution in [0.3, 0.4) is 0 Å². The smallest absolute Gasteiger partial charge is 0.382 e. The van der Waals surface area contributed by atoms with Gasteiger partial charge in [-0.1, -0.05) is 0 Å². The lowest BCUT2D eigenvalue weighted by atomic mass is 9.90. The molecule has 2 N–H and O–H groups in total. The van der Waals surface area contributed by atoms with Crippen LogP contribution in [0.1, 0.15) is 24.4 Å². The van der Waals surface area contributed by atoms with E-state index >= 15 is 0 Å². The van der Waals surface area contributed by atoms with E-state index in [2.05, 4.69) is 20.4 Å². The molecule has 1 aliphatic rings. The lowest BCUT2D eigenvalue weighted by Gasteiger charge is -2.37. The minimum absolute atomic E-state index is 0.239. The number of alkyl halides is 3. The van der Waals surface area contributed by atoms with E-state index in [0.29, 0.717) is 30.9 Å². The first-order valence-corrected chi connectivity index (χ1v) is 7.23. The molecule has 1 saturated heterocycles. The van der Waals surface area contributed by atoms with Gasteiger partial charge in [0.2, 0.25) is 0 Å². The summed E-state index contributed by atoms with van der Waals surface area (Å²) >= 11 is 0. The third-order valence-electron chi connectivity index (χ3n) is 3.96. The number of aliphatic hydroxyl groups is 1. The van der Waals surface area contributed by atoms with Gasteiger partial charge < -0.3 is 9.67 Å². The molecule has 2 aromatic heterocycles. The van der Waals surface area contributed by atoms with E-state index in [1.54, 1.807) is 0 Å². The van der Waals surface area contributed by atoms with Gasteiger partial charge in [0, 0.05) is 18.9 Å². The summed E-state index contributed by atoms with van der Waals surface area (Å²) in [7, 11) is 0. The van der Waals surface area contributed by atoms with Gasteiger partial charge in [-0.25, -0.2) is 4.98 Å². The molecule has 126 valence electrons. The zero-order chi connectivity index (χ0) is 16.5. The predicted octanol–water partition coefficient (Wildman–Crippen LogP) is 1.05. The lowest BCUT2D eigenvalue weighted by Crippen LogP contribution is -2.46. The molecule has 0 aromatic carbocycles. The molecule has 7 nitrogen and oxygen atoms in total. The largest absolute Gasteiger partial charge is 0.406 e. The van der Waals surface area contributed by atoms with E-state index < -0.39 is 18.3 Å². The Kier molecular flexibility index (Phi) is 4.11. The number of aromatic nitrogens is 5. The number of rotatable bonds is 4. The molecule has 0 aliphatic carbocycles. The molecule has 0 amide bonds. The van der Waals surface area contributed by atoms with E-state index in [9.17, 15) is 18.3 Å². The summed E-state index contributed by atoms with van der Waals surface area (Å²) in [6.07, 6.45) is 1.09. The molecule has 1 fully saturated rings. The summed E-state index contributed by atoms with van der Waals surface area (Å²) < 4.78 is 38.8. The van der Waals surface area contributed by atoms with Crippen LogP contribution >= 0.6 is 0 Å². The van der Waals surface area contributed by atoms with Crippen LogP contribution in [-0.2, 0) is 18.7 Å². The number of piperidine rings is 1. The number of β-amino-alcohol motifs (C(OH)–C–C–N with tert-alkyl or cyclic N) is 1. The van der Waals surface area contributed by atoms with E-state index in [4.69, 9.17) is 0 Å². The lowest BCUT2D eigenvalue weighted by molar-refractivity contribution is -0.141. The first-order valence-electron chi connectivity index (χ1n) is 7.23. The topological polar surface area (TPSA) is 82.9 Å². The zero-order valence-corrected chi connectivity index (χ0v) is 12.3.